The van der Waals surface area contributed by atoms with Gasteiger partial charge in [-0.2, -0.15) is 0 Å². The summed E-state index contributed by atoms with van der Waals surface area (Å²) in [4.78, 5) is 2.59. The van der Waals surface area contributed by atoms with E-state index < -0.39 is 0 Å². The molecular weight excluding hydrogens is 243 g/mol. The molecule has 0 radical (unpaired) electrons. The van der Waals surface area contributed by atoms with Crippen molar-refractivity contribution in [3.05, 3.63) is 29.6 Å². The first kappa shape index (κ1) is 12.9. The molecule has 0 spiro atoms. The zero-order valence-corrected chi connectivity index (χ0v) is 11.1. The Balaban J connectivity index is 1.47. The average molecular weight is 264 g/mol. The molecule has 1 heterocycles. The number of rotatable bonds is 4. The van der Waals surface area contributed by atoms with Crippen LogP contribution < -0.4 is 5.32 Å². The second kappa shape index (κ2) is 5.47. The minimum Gasteiger partial charge on any atom is -0.508 e. The number of aromatic hydroxyl groups is 1. The van der Waals surface area contributed by atoms with E-state index in [1.165, 1.54) is 32.0 Å². The van der Waals surface area contributed by atoms with Crippen molar-refractivity contribution in [2.45, 2.75) is 44.3 Å². The van der Waals surface area contributed by atoms with Crippen molar-refractivity contribution in [2.24, 2.45) is 0 Å². The summed E-state index contributed by atoms with van der Waals surface area (Å²) in [6.07, 6.45) is 5.08. The predicted octanol–water partition coefficient (Wildman–Crippen LogP) is 2.25. The summed E-state index contributed by atoms with van der Waals surface area (Å²) in [6.45, 7) is 2.98. The molecule has 1 aliphatic carbocycles. The van der Waals surface area contributed by atoms with E-state index in [4.69, 9.17) is 0 Å². The van der Waals surface area contributed by atoms with Crippen LogP contribution in [0.2, 0.25) is 0 Å². The molecule has 19 heavy (non-hydrogen) atoms. The van der Waals surface area contributed by atoms with Gasteiger partial charge in [-0.1, -0.05) is 0 Å². The standard InChI is InChI=1S/C15H21FN2O/c16-12-7-11(8-15(19)9-12)10-17-13-3-5-18(6-4-13)14-1-2-14/h7-9,13-14,17,19H,1-6,10H2. The number of nitrogens with one attached hydrogen (secondary N) is 1. The third-order valence-corrected chi connectivity index (χ3v) is 4.13. The number of likely N-dealkylation sites (tertiary alicyclic amines) is 1. The van der Waals surface area contributed by atoms with E-state index in [2.05, 4.69) is 10.2 Å². The van der Waals surface area contributed by atoms with Gasteiger partial charge >= 0.3 is 0 Å². The number of nitrogens with zero attached hydrogens (tertiary/aromatic N) is 1. The Morgan fingerprint density at radius 3 is 2.53 bits per heavy atom. The van der Waals surface area contributed by atoms with Gasteiger partial charge in [0.1, 0.15) is 11.6 Å². The Morgan fingerprint density at radius 1 is 1.16 bits per heavy atom. The van der Waals surface area contributed by atoms with Crippen molar-refractivity contribution >= 4 is 0 Å². The molecule has 0 aromatic heterocycles. The lowest BCUT2D eigenvalue weighted by atomic mass is 10.0. The van der Waals surface area contributed by atoms with E-state index in [1.807, 2.05) is 0 Å². The highest BCUT2D eigenvalue weighted by atomic mass is 19.1. The zero-order valence-electron chi connectivity index (χ0n) is 11.1. The monoisotopic (exact) mass is 264 g/mol. The smallest absolute Gasteiger partial charge is 0.127 e. The number of piperidine rings is 1. The van der Waals surface area contributed by atoms with Crippen molar-refractivity contribution in [2.75, 3.05) is 13.1 Å². The maximum Gasteiger partial charge on any atom is 0.127 e. The van der Waals surface area contributed by atoms with Gasteiger partial charge < -0.3 is 15.3 Å². The lowest BCUT2D eigenvalue weighted by Gasteiger charge is -2.32. The van der Waals surface area contributed by atoms with Crippen molar-refractivity contribution in [3.8, 4) is 5.75 Å². The molecule has 2 fully saturated rings. The summed E-state index contributed by atoms with van der Waals surface area (Å²) in [5.41, 5.74) is 0.808. The van der Waals surface area contributed by atoms with Gasteiger partial charge in [0.2, 0.25) is 0 Å². The average Bonchev–Trinajstić information content (AvgIpc) is 3.20. The number of hydrogen-bond donors (Lipinski definition) is 2. The van der Waals surface area contributed by atoms with Gasteiger partial charge in [0.15, 0.2) is 0 Å². The number of phenols is 1. The third-order valence-electron chi connectivity index (χ3n) is 4.13. The highest BCUT2D eigenvalue weighted by Crippen LogP contribution is 2.29. The summed E-state index contributed by atoms with van der Waals surface area (Å²) in [7, 11) is 0. The van der Waals surface area contributed by atoms with Crippen LogP contribution in [-0.2, 0) is 6.54 Å². The Labute approximate surface area is 113 Å². The predicted molar refractivity (Wildman–Crippen MR) is 72.5 cm³/mol. The van der Waals surface area contributed by atoms with Crippen LogP contribution in [0, 0.1) is 5.82 Å². The molecule has 4 heteroatoms. The molecule has 104 valence electrons. The Bertz CT molecular complexity index is 420. The van der Waals surface area contributed by atoms with Crippen molar-refractivity contribution in [3.63, 3.8) is 0 Å². The number of benzene rings is 1. The second-order valence-corrected chi connectivity index (χ2v) is 5.74. The van der Waals surface area contributed by atoms with E-state index in [0.717, 1.165) is 30.5 Å². The Kier molecular flexibility index (Phi) is 3.71. The summed E-state index contributed by atoms with van der Waals surface area (Å²) >= 11 is 0. The first-order valence-electron chi connectivity index (χ1n) is 7.16. The van der Waals surface area contributed by atoms with Gasteiger partial charge in [0.25, 0.3) is 0 Å². The van der Waals surface area contributed by atoms with Crippen LogP contribution in [-0.4, -0.2) is 35.2 Å². The fourth-order valence-electron chi connectivity index (χ4n) is 2.91. The van der Waals surface area contributed by atoms with Gasteiger partial charge in [0.05, 0.1) is 0 Å². The van der Waals surface area contributed by atoms with E-state index in [1.54, 1.807) is 6.07 Å². The summed E-state index contributed by atoms with van der Waals surface area (Å²) in [5.74, 6) is -0.374. The molecule has 1 aromatic rings. The topological polar surface area (TPSA) is 35.5 Å². The number of phenolic OH excluding ortho intramolecular Hbond substituents is 1. The van der Waals surface area contributed by atoms with Gasteiger partial charge in [-0.15, -0.1) is 0 Å². The maximum atomic E-state index is 13.1. The molecule has 2 N–H and O–H groups in total. The fraction of sp³-hybridized carbons (Fsp3) is 0.600. The molecule has 2 aliphatic rings. The SMILES string of the molecule is Oc1cc(F)cc(CNC2CCN(C3CC3)CC2)c1. The summed E-state index contributed by atoms with van der Waals surface area (Å²) < 4.78 is 13.1. The lowest BCUT2D eigenvalue weighted by Crippen LogP contribution is -2.43. The second-order valence-electron chi connectivity index (χ2n) is 5.74. The van der Waals surface area contributed by atoms with Crippen molar-refractivity contribution in [1.29, 1.82) is 0 Å². The van der Waals surface area contributed by atoms with Crippen LogP contribution in [0.5, 0.6) is 5.75 Å². The van der Waals surface area contributed by atoms with Crippen LogP contribution in [0.1, 0.15) is 31.2 Å². The summed E-state index contributed by atoms with van der Waals surface area (Å²) in [5, 5.41) is 12.8. The minimum atomic E-state index is -0.375. The first-order chi connectivity index (χ1) is 9.20. The molecule has 0 unspecified atom stereocenters. The molecule has 0 bridgehead atoms. The molecule has 3 nitrogen and oxygen atoms in total. The van der Waals surface area contributed by atoms with Gasteiger partial charge in [0, 0.05) is 24.7 Å². The van der Waals surface area contributed by atoms with Gasteiger partial charge in [-0.05, 0) is 56.5 Å². The molecule has 1 aromatic carbocycles. The quantitative estimate of drug-likeness (QED) is 0.875. The third kappa shape index (κ3) is 3.45. The van der Waals surface area contributed by atoms with Crippen molar-refractivity contribution < 1.29 is 9.50 Å². The molecular formula is C15H21FN2O. The van der Waals surface area contributed by atoms with Crippen LogP contribution in [0.4, 0.5) is 4.39 Å². The number of halogens is 1. The van der Waals surface area contributed by atoms with Crippen LogP contribution >= 0.6 is 0 Å². The highest BCUT2D eigenvalue weighted by Gasteiger charge is 2.31. The van der Waals surface area contributed by atoms with Crippen molar-refractivity contribution in [1.82, 2.24) is 10.2 Å². The van der Waals surface area contributed by atoms with E-state index in [0.29, 0.717) is 12.6 Å². The fourth-order valence-corrected chi connectivity index (χ4v) is 2.91. The zero-order chi connectivity index (χ0) is 13.2. The van der Waals surface area contributed by atoms with E-state index in [9.17, 15) is 9.50 Å². The van der Waals surface area contributed by atoms with E-state index >= 15 is 0 Å². The molecule has 0 amide bonds. The number of hydrogen-bond acceptors (Lipinski definition) is 3. The molecule has 1 saturated carbocycles. The maximum absolute atomic E-state index is 13.1. The normalized spacial score (nSPS) is 21.7. The minimum absolute atomic E-state index is 0.000327. The summed E-state index contributed by atoms with van der Waals surface area (Å²) in [6, 6.07) is 5.61. The molecule has 3 rings (SSSR count). The Hall–Kier alpha value is -1.13. The largest absolute Gasteiger partial charge is 0.508 e. The van der Waals surface area contributed by atoms with Gasteiger partial charge in [-0.25, -0.2) is 4.39 Å². The highest BCUT2D eigenvalue weighted by molar-refractivity contribution is 5.28. The lowest BCUT2D eigenvalue weighted by molar-refractivity contribution is 0.189. The van der Waals surface area contributed by atoms with E-state index in [-0.39, 0.29) is 11.6 Å². The van der Waals surface area contributed by atoms with Gasteiger partial charge in [-0.3, -0.25) is 0 Å². The first-order valence-corrected chi connectivity index (χ1v) is 7.16. The molecule has 0 atom stereocenters. The Morgan fingerprint density at radius 2 is 1.89 bits per heavy atom. The molecule has 1 saturated heterocycles. The van der Waals surface area contributed by atoms with Crippen LogP contribution in [0.3, 0.4) is 0 Å². The van der Waals surface area contributed by atoms with Crippen LogP contribution in [0.15, 0.2) is 18.2 Å². The molecule has 1 aliphatic heterocycles. The van der Waals surface area contributed by atoms with Crippen LogP contribution in [0.25, 0.3) is 0 Å².